The van der Waals surface area contributed by atoms with Gasteiger partial charge in [-0.15, -0.1) is 0 Å². The third kappa shape index (κ3) is 1.75. The summed E-state index contributed by atoms with van der Waals surface area (Å²) in [5.41, 5.74) is 1.50. The minimum absolute atomic E-state index is 0.168. The highest BCUT2D eigenvalue weighted by atomic mass is 16.5. The van der Waals surface area contributed by atoms with Crippen molar-refractivity contribution in [3.05, 3.63) is 42.1 Å². The number of carbonyl (C=O) groups excluding carboxylic acids is 1. The highest BCUT2D eigenvalue weighted by Gasteiger charge is 2.37. The van der Waals surface area contributed by atoms with Gasteiger partial charge in [-0.2, -0.15) is 0 Å². The summed E-state index contributed by atoms with van der Waals surface area (Å²) >= 11 is 0. The predicted octanol–water partition coefficient (Wildman–Crippen LogP) is 2.69. The van der Waals surface area contributed by atoms with Gasteiger partial charge in [-0.1, -0.05) is 29.4 Å². The van der Waals surface area contributed by atoms with Crippen LogP contribution in [-0.4, -0.2) is 28.0 Å². The molecule has 0 radical (unpaired) electrons. The van der Waals surface area contributed by atoms with Crippen LogP contribution in [0.5, 0.6) is 0 Å². The Kier molecular flexibility index (Phi) is 2.62. The molecule has 1 amide bonds. The molecule has 2 bridgehead atoms. The van der Waals surface area contributed by atoms with Crippen molar-refractivity contribution in [1.82, 2.24) is 10.1 Å². The summed E-state index contributed by atoms with van der Waals surface area (Å²) in [4.78, 5) is 14.6. The Bertz CT molecular complexity index is 689. The summed E-state index contributed by atoms with van der Waals surface area (Å²) in [7, 11) is 0. The monoisotopic (exact) mass is 268 g/mol. The van der Waals surface area contributed by atoms with Gasteiger partial charge in [0.1, 0.15) is 5.69 Å². The van der Waals surface area contributed by atoms with Crippen molar-refractivity contribution in [1.29, 1.82) is 0 Å². The Morgan fingerprint density at radius 1 is 1.35 bits per heavy atom. The van der Waals surface area contributed by atoms with Gasteiger partial charge >= 0.3 is 0 Å². The van der Waals surface area contributed by atoms with Gasteiger partial charge < -0.3 is 9.42 Å². The zero-order valence-electron chi connectivity index (χ0n) is 11.2. The summed E-state index contributed by atoms with van der Waals surface area (Å²) in [6, 6.07) is 8.37. The van der Waals surface area contributed by atoms with Crippen molar-refractivity contribution in [3.63, 3.8) is 0 Å². The minimum atomic E-state index is 0.168. The average Bonchev–Trinajstić information content (AvgIpc) is 2.98. The summed E-state index contributed by atoms with van der Waals surface area (Å²) in [5.74, 6) is 0.168. The van der Waals surface area contributed by atoms with Gasteiger partial charge in [0.25, 0.3) is 0 Å². The highest BCUT2D eigenvalue weighted by molar-refractivity contribution is 5.86. The van der Waals surface area contributed by atoms with E-state index in [0.717, 1.165) is 35.9 Å². The van der Waals surface area contributed by atoms with E-state index >= 15 is 0 Å². The number of benzene rings is 1. The van der Waals surface area contributed by atoms with Crippen molar-refractivity contribution in [2.75, 3.05) is 0 Å². The number of hydrogen-bond acceptors (Lipinski definition) is 3. The molecule has 2 atom stereocenters. The Hall–Kier alpha value is -2.10. The Morgan fingerprint density at radius 3 is 3.15 bits per heavy atom. The third-order valence-corrected chi connectivity index (χ3v) is 4.37. The first-order chi connectivity index (χ1) is 9.83. The Balaban J connectivity index is 1.60. The van der Waals surface area contributed by atoms with E-state index < -0.39 is 0 Å². The molecule has 4 heteroatoms. The quantitative estimate of drug-likeness (QED) is 0.787. The number of para-hydroxylation sites is 1. The zero-order valence-corrected chi connectivity index (χ0v) is 11.2. The SMILES string of the molecule is O=C(Cc1noc2ccccc12)N1C2C=CCC1CC2. The van der Waals surface area contributed by atoms with E-state index in [2.05, 4.69) is 17.3 Å². The van der Waals surface area contributed by atoms with E-state index in [1.54, 1.807) is 0 Å². The molecule has 102 valence electrons. The first-order valence-corrected chi connectivity index (χ1v) is 7.14. The topological polar surface area (TPSA) is 46.3 Å². The lowest BCUT2D eigenvalue weighted by molar-refractivity contribution is -0.132. The van der Waals surface area contributed by atoms with Crippen LogP contribution in [-0.2, 0) is 11.2 Å². The largest absolute Gasteiger partial charge is 0.356 e. The van der Waals surface area contributed by atoms with Crippen LogP contribution >= 0.6 is 0 Å². The Labute approximate surface area is 117 Å². The molecule has 3 heterocycles. The molecule has 1 fully saturated rings. The van der Waals surface area contributed by atoms with Gasteiger partial charge in [0.15, 0.2) is 5.58 Å². The maximum absolute atomic E-state index is 12.6. The fraction of sp³-hybridized carbons (Fsp3) is 0.375. The smallest absolute Gasteiger partial charge is 0.229 e. The molecule has 1 aromatic heterocycles. The van der Waals surface area contributed by atoms with Gasteiger partial charge in [-0.05, 0) is 31.4 Å². The van der Waals surface area contributed by atoms with Crippen LogP contribution < -0.4 is 0 Å². The van der Waals surface area contributed by atoms with Gasteiger partial charge in [0.05, 0.1) is 12.5 Å². The molecule has 1 aromatic carbocycles. The standard InChI is InChI=1S/C16H16N2O2/c19-16(18-11-4-3-5-12(18)9-8-11)10-14-13-6-1-2-7-15(13)20-17-14/h1-4,6-7,11-12H,5,8-10H2. The summed E-state index contributed by atoms with van der Waals surface area (Å²) in [6.45, 7) is 0. The first-order valence-electron chi connectivity index (χ1n) is 7.14. The lowest BCUT2D eigenvalue weighted by Gasteiger charge is -2.31. The second-order valence-corrected chi connectivity index (χ2v) is 5.57. The molecule has 4 rings (SSSR count). The van der Waals surface area contributed by atoms with Crippen LogP contribution in [0.4, 0.5) is 0 Å². The second kappa shape index (κ2) is 4.47. The van der Waals surface area contributed by atoms with Crippen LogP contribution in [0.15, 0.2) is 40.9 Å². The number of hydrogen-bond donors (Lipinski definition) is 0. The molecular weight excluding hydrogens is 252 g/mol. The maximum Gasteiger partial charge on any atom is 0.229 e. The summed E-state index contributed by atoms with van der Waals surface area (Å²) in [5, 5.41) is 5.01. The van der Waals surface area contributed by atoms with Crippen LogP contribution in [0.2, 0.25) is 0 Å². The van der Waals surface area contributed by atoms with Crippen molar-refractivity contribution < 1.29 is 9.32 Å². The molecular formula is C16H16N2O2. The van der Waals surface area contributed by atoms with Crippen molar-refractivity contribution >= 4 is 16.9 Å². The van der Waals surface area contributed by atoms with Crippen LogP contribution in [0.3, 0.4) is 0 Å². The molecule has 1 saturated heterocycles. The van der Waals surface area contributed by atoms with Crippen LogP contribution in [0.25, 0.3) is 11.0 Å². The number of nitrogens with zero attached hydrogens (tertiary/aromatic N) is 2. The first kappa shape index (κ1) is 11.7. The number of amides is 1. The molecule has 20 heavy (non-hydrogen) atoms. The predicted molar refractivity (Wildman–Crippen MR) is 75.1 cm³/mol. The minimum Gasteiger partial charge on any atom is -0.356 e. The molecule has 4 nitrogen and oxygen atoms in total. The molecule has 0 saturated carbocycles. The van der Waals surface area contributed by atoms with Gasteiger partial charge in [-0.25, -0.2) is 0 Å². The molecule has 2 aromatic rings. The van der Waals surface area contributed by atoms with E-state index in [1.807, 2.05) is 29.2 Å². The lowest BCUT2D eigenvalue weighted by atomic mass is 10.1. The number of fused-ring (bicyclic) bond motifs is 3. The molecule has 0 N–H and O–H groups in total. The van der Waals surface area contributed by atoms with E-state index in [-0.39, 0.29) is 5.91 Å². The average molecular weight is 268 g/mol. The lowest BCUT2D eigenvalue weighted by Crippen LogP contribution is -2.42. The zero-order chi connectivity index (χ0) is 13.5. The van der Waals surface area contributed by atoms with Crippen LogP contribution in [0.1, 0.15) is 25.0 Å². The van der Waals surface area contributed by atoms with E-state index in [9.17, 15) is 4.79 Å². The molecule has 2 unspecified atom stereocenters. The second-order valence-electron chi connectivity index (χ2n) is 5.57. The summed E-state index contributed by atoms with van der Waals surface area (Å²) < 4.78 is 5.27. The normalized spacial score (nSPS) is 24.5. The van der Waals surface area contributed by atoms with Gasteiger partial charge in [0, 0.05) is 11.4 Å². The van der Waals surface area contributed by atoms with E-state index in [4.69, 9.17) is 4.52 Å². The summed E-state index contributed by atoms with van der Waals surface area (Å²) in [6.07, 6.45) is 7.90. The third-order valence-electron chi connectivity index (χ3n) is 4.37. The molecule has 2 aliphatic rings. The number of carbonyl (C=O) groups is 1. The number of aromatic nitrogens is 1. The van der Waals surface area contributed by atoms with Crippen LogP contribution in [0, 0.1) is 0 Å². The fourth-order valence-electron chi connectivity index (χ4n) is 3.41. The highest BCUT2D eigenvalue weighted by Crippen LogP contribution is 2.32. The molecule has 0 spiro atoms. The van der Waals surface area contributed by atoms with E-state index in [0.29, 0.717) is 18.5 Å². The van der Waals surface area contributed by atoms with Crippen molar-refractivity contribution in [2.24, 2.45) is 0 Å². The van der Waals surface area contributed by atoms with Gasteiger partial charge in [0.2, 0.25) is 5.91 Å². The molecule has 0 aliphatic carbocycles. The fourth-order valence-corrected chi connectivity index (χ4v) is 3.41. The van der Waals surface area contributed by atoms with Crippen molar-refractivity contribution in [3.8, 4) is 0 Å². The number of rotatable bonds is 2. The molecule has 2 aliphatic heterocycles. The maximum atomic E-state index is 12.6. The van der Waals surface area contributed by atoms with Crippen molar-refractivity contribution in [2.45, 2.75) is 37.8 Å². The van der Waals surface area contributed by atoms with E-state index in [1.165, 1.54) is 0 Å². The van der Waals surface area contributed by atoms with Gasteiger partial charge in [-0.3, -0.25) is 4.79 Å². The Morgan fingerprint density at radius 2 is 2.25 bits per heavy atom.